The molecule has 192 valence electrons. The lowest BCUT2D eigenvalue weighted by Gasteiger charge is -2.29. The Balaban J connectivity index is 2.73. The van der Waals surface area contributed by atoms with Gasteiger partial charge < -0.3 is 19.7 Å². The summed E-state index contributed by atoms with van der Waals surface area (Å²) in [5.74, 6) is 1.58. The summed E-state index contributed by atoms with van der Waals surface area (Å²) in [6, 6.07) is 4.19. The standard InChI is InChI=1S/C29H52O4/c1-8-9-10-11-12-13-14-15-16-17-18-32-26-20-27(33-22-23(31)21-30)25(29(5,6)7)19-24(26)28(2,3)4/h19-20,23,30-31H,8-18,21-22H2,1-7H3. The van der Waals surface area contributed by atoms with Crippen LogP contribution in [-0.2, 0) is 10.8 Å². The van der Waals surface area contributed by atoms with Crippen LogP contribution >= 0.6 is 0 Å². The second kappa shape index (κ2) is 14.9. The van der Waals surface area contributed by atoms with Crippen LogP contribution in [0.25, 0.3) is 0 Å². The van der Waals surface area contributed by atoms with Crippen molar-refractivity contribution in [3.05, 3.63) is 23.3 Å². The van der Waals surface area contributed by atoms with Gasteiger partial charge in [0.05, 0.1) is 13.2 Å². The lowest BCUT2D eigenvalue weighted by Crippen LogP contribution is -2.24. The predicted molar refractivity (Wildman–Crippen MR) is 140 cm³/mol. The van der Waals surface area contributed by atoms with Crippen molar-refractivity contribution in [1.29, 1.82) is 0 Å². The molecular weight excluding hydrogens is 412 g/mol. The maximum atomic E-state index is 9.78. The molecule has 4 nitrogen and oxygen atoms in total. The second-order valence-corrected chi connectivity index (χ2v) is 11.5. The average Bonchev–Trinajstić information content (AvgIpc) is 2.74. The van der Waals surface area contributed by atoms with Crippen LogP contribution in [0.1, 0.15) is 124 Å². The van der Waals surface area contributed by atoms with Gasteiger partial charge >= 0.3 is 0 Å². The Labute approximate surface area is 204 Å². The first-order valence-corrected chi connectivity index (χ1v) is 13.2. The number of aliphatic hydroxyl groups is 2. The van der Waals surface area contributed by atoms with Gasteiger partial charge in [-0.05, 0) is 23.3 Å². The topological polar surface area (TPSA) is 58.9 Å². The molecule has 1 rings (SSSR count). The molecule has 0 amide bonds. The molecule has 0 aliphatic carbocycles. The minimum atomic E-state index is -0.892. The van der Waals surface area contributed by atoms with E-state index in [1.807, 2.05) is 6.07 Å². The van der Waals surface area contributed by atoms with Crippen LogP contribution in [0.2, 0.25) is 0 Å². The number of rotatable bonds is 16. The molecule has 1 atom stereocenters. The van der Waals surface area contributed by atoms with Crippen LogP contribution in [0, 0.1) is 0 Å². The van der Waals surface area contributed by atoms with Gasteiger partial charge in [-0.25, -0.2) is 0 Å². The van der Waals surface area contributed by atoms with Gasteiger partial charge in [0.1, 0.15) is 24.2 Å². The van der Waals surface area contributed by atoms with Crippen molar-refractivity contribution in [1.82, 2.24) is 0 Å². The summed E-state index contributed by atoms with van der Waals surface area (Å²) in [5, 5.41) is 18.9. The number of hydrogen-bond donors (Lipinski definition) is 2. The molecule has 1 aromatic rings. The molecule has 2 N–H and O–H groups in total. The molecule has 0 saturated heterocycles. The first-order valence-electron chi connectivity index (χ1n) is 13.2. The summed E-state index contributed by atoms with van der Waals surface area (Å²) < 4.78 is 12.2. The predicted octanol–water partition coefficient (Wildman–Crippen LogP) is 7.31. The van der Waals surface area contributed by atoms with Crippen molar-refractivity contribution in [3.8, 4) is 11.5 Å². The second-order valence-electron chi connectivity index (χ2n) is 11.5. The van der Waals surface area contributed by atoms with E-state index in [9.17, 15) is 5.11 Å². The summed E-state index contributed by atoms with van der Waals surface area (Å²) in [6.45, 7) is 15.8. The number of aliphatic hydroxyl groups excluding tert-OH is 2. The van der Waals surface area contributed by atoms with Crippen molar-refractivity contribution in [2.24, 2.45) is 0 Å². The molecule has 0 saturated carbocycles. The van der Waals surface area contributed by atoms with E-state index < -0.39 is 6.10 Å². The highest BCUT2D eigenvalue weighted by atomic mass is 16.5. The highest BCUT2D eigenvalue weighted by Crippen LogP contribution is 2.41. The lowest BCUT2D eigenvalue weighted by molar-refractivity contribution is 0.0529. The molecule has 1 unspecified atom stereocenters. The number of ether oxygens (including phenoxy) is 2. The molecule has 4 heteroatoms. The molecule has 0 aliphatic rings. The van der Waals surface area contributed by atoms with Crippen molar-refractivity contribution in [2.75, 3.05) is 19.8 Å². The molecule has 0 heterocycles. The Bertz CT molecular complexity index is 655. The maximum Gasteiger partial charge on any atom is 0.126 e. The Kier molecular flexibility index (Phi) is 13.4. The van der Waals surface area contributed by atoms with Crippen LogP contribution in [0.3, 0.4) is 0 Å². The third kappa shape index (κ3) is 11.6. The highest BCUT2D eigenvalue weighted by molar-refractivity contribution is 5.51. The van der Waals surface area contributed by atoms with Gasteiger partial charge in [-0.1, -0.05) is 106 Å². The van der Waals surface area contributed by atoms with Gasteiger partial charge in [0.2, 0.25) is 0 Å². The van der Waals surface area contributed by atoms with E-state index in [2.05, 4.69) is 54.5 Å². The van der Waals surface area contributed by atoms with E-state index in [0.29, 0.717) is 6.61 Å². The Morgan fingerprint density at radius 3 is 1.61 bits per heavy atom. The fourth-order valence-corrected chi connectivity index (χ4v) is 3.98. The molecule has 0 bridgehead atoms. The van der Waals surface area contributed by atoms with Gasteiger partial charge in [0.25, 0.3) is 0 Å². The summed E-state index contributed by atoms with van der Waals surface area (Å²) in [6.07, 6.45) is 12.2. The van der Waals surface area contributed by atoms with Gasteiger partial charge in [-0.15, -0.1) is 0 Å². The molecule has 0 fully saturated rings. The normalized spacial score (nSPS) is 13.2. The smallest absolute Gasteiger partial charge is 0.126 e. The minimum Gasteiger partial charge on any atom is -0.493 e. The Morgan fingerprint density at radius 1 is 0.697 bits per heavy atom. The monoisotopic (exact) mass is 464 g/mol. The molecule has 0 radical (unpaired) electrons. The van der Waals surface area contributed by atoms with Crippen molar-refractivity contribution in [3.63, 3.8) is 0 Å². The first kappa shape index (κ1) is 29.8. The zero-order valence-corrected chi connectivity index (χ0v) is 22.6. The van der Waals surface area contributed by atoms with E-state index in [1.54, 1.807) is 0 Å². The van der Waals surface area contributed by atoms with Crippen LogP contribution in [0.5, 0.6) is 11.5 Å². The SMILES string of the molecule is CCCCCCCCCCCCOc1cc(OCC(O)CO)c(C(C)(C)C)cc1C(C)(C)C. The van der Waals surface area contributed by atoms with E-state index in [1.165, 1.54) is 63.4 Å². The molecule has 0 aliphatic heterocycles. The van der Waals surface area contributed by atoms with Gasteiger partial charge in [0.15, 0.2) is 0 Å². The maximum absolute atomic E-state index is 9.78. The fraction of sp³-hybridized carbons (Fsp3) is 0.793. The van der Waals surface area contributed by atoms with Crippen molar-refractivity contribution >= 4 is 0 Å². The number of unbranched alkanes of at least 4 members (excludes halogenated alkanes) is 9. The minimum absolute atomic E-state index is 0.0593. The quantitative estimate of drug-likeness (QED) is 0.252. The average molecular weight is 465 g/mol. The van der Waals surface area contributed by atoms with Gasteiger partial charge in [0, 0.05) is 17.2 Å². The van der Waals surface area contributed by atoms with E-state index in [0.717, 1.165) is 23.5 Å². The zero-order chi connectivity index (χ0) is 24.9. The third-order valence-corrected chi connectivity index (χ3v) is 6.10. The lowest BCUT2D eigenvalue weighted by atomic mass is 9.79. The van der Waals surface area contributed by atoms with Crippen LogP contribution < -0.4 is 9.47 Å². The van der Waals surface area contributed by atoms with Gasteiger partial charge in [-0.2, -0.15) is 0 Å². The van der Waals surface area contributed by atoms with Crippen LogP contribution in [-0.4, -0.2) is 36.1 Å². The van der Waals surface area contributed by atoms with E-state index >= 15 is 0 Å². The Morgan fingerprint density at radius 2 is 1.15 bits per heavy atom. The number of benzene rings is 1. The summed E-state index contributed by atoms with van der Waals surface area (Å²) in [4.78, 5) is 0. The first-order chi connectivity index (χ1) is 15.5. The largest absolute Gasteiger partial charge is 0.493 e. The van der Waals surface area contributed by atoms with Crippen LogP contribution in [0.4, 0.5) is 0 Å². The van der Waals surface area contributed by atoms with Crippen molar-refractivity contribution in [2.45, 2.75) is 130 Å². The van der Waals surface area contributed by atoms with Gasteiger partial charge in [-0.3, -0.25) is 0 Å². The molecule has 1 aromatic carbocycles. The molecule has 33 heavy (non-hydrogen) atoms. The summed E-state index contributed by atoms with van der Waals surface area (Å²) in [7, 11) is 0. The summed E-state index contributed by atoms with van der Waals surface area (Å²) >= 11 is 0. The molecular formula is C29H52O4. The number of hydrogen-bond acceptors (Lipinski definition) is 4. The van der Waals surface area contributed by atoms with E-state index in [4.69, 9.17) is 14.6 Å². The molecule has 0 spiro atoms. The Hall–Kier alpha value is -1.26. The fourth-order valence-electron chi connectivity index (χ4n) is 3.98. The highest BCUT2D eigenvalue weighted by Gasteiger charge is 2.27. The molecule has 0 aromatic heterocycles. The van der Waals surface area contributed by atoms with Crippen molar-refractivity contribution < 1.29 is 19.7 Å². The zero-order valence-electron chi connectivity index (χ0n) is 22.6. The van der Waals surface area contributed by atoms with Crippen LogP contribution in [0.15, 0.2) is 12.1 Å². The summed E-state index contributed by atoms with van der Waals surface area (Å²) in [5.41, 5.74) is 2.09. The third-order valence-electron chi connectivity index (χ3n) is 6.10. The van der Waals surface area contributed by atoms with E-state index in [-0.39, 0.29) is 24.0 Å².